The minimum atomic E-state index is 0.597. The molecule has 0 bridgehead atoms. The first-order chi connectivity index (χ1) is 7.75. The van der Waals surface area contributed by atoms with Crippen LogP contribution < -0.4 is 0 Å². The normalized spacial score (nSPS) is 14.7. The monoisotopic (exact) mass is 211 g/mol. The van der Waals surface area contributed by atoms with E-state index in [1.54, 1.807) is 0 Å². The van der Waals surface area contributed by atoms with Gasteiger partial charge in [0.25, 0.3) is 0 Å². The lowest BCUT2D eigenvalue weighted by Crippen LogP contribution is -1.90. The molecule has 1 nitrogen and oxygen atoms in total. The number of aryl methyl sites for hydroxylation is 1. The van der Waals surface area contributed by atoms with E-state index in [0.717, 1.165) is 12.8 Å². The first-order valence-electron chi connectivity index (χ1n) is 6.07. The molecule has 0 radical (unpaired) electrons. The molecule has 2 aromatic rings. The lowest BCUT2D eigenvalue weighted by atomic mass is 9.99. The van der Waals surface area contributed by atoms with E-state index >= 15 is 0 Å². The van der Waals surface area contributed by atoms with E-state index in [0.29, 0.717) is 5.92 Å². The third-order valence-corrected chi connectivity index (χ3v) is 3.46. The summed E-state index contributed by atoms with van der Waals surface area (Å²) in [6.45, 7) is 4.48. The molecule has 1 aromatic heterocycles. The van der Waals surface area contributed by atoms with Gasteiger partial charge >= 0.3 is 0 Å². The lowest BCUT2D eigenvalue weighted by Gasteiger charge is -2.05. The molecular weight excluding hydrogens is 194 g/mol. The molecule has 0 saturated heterocycles. The topological polar surface area (TPSA) is 15.8 Å². The van der Waals surface area contributed by atoms with Gasteiger partial charge in [0.05, 0.1) is 0 Å². The third-order valence-electron chi connectivity index (χ3n) is 3.46. The highest BCUT2D eigenvalue weighted by Gasteiger charge is 2.12. The summed E-state index contributed by atoms with van der Waals surface area (Å²) in [6.07, 6.45) is 6.84. The number of nitrogens with one attached hydrogen (secondary N) is 1. The summed E-state index contributed by atoms with van der Waals surface area (Å²) in [5.74, 6) is 0.597. The Kier molecular flexibility index (Phi) is 2.13. The number of rotatable bonds is 1. The van der Waals surface area contributed by atoms with Crippen LogP contribution >= 0.6 is 0 Å². The SMILES string of the molecule is CC(C)c1ccc2c3c([nH]c2c1)CCC=C3. The van der Waals surface area contributed by atoms with Crippen LogP contribution in [0.15, 0.2) is 24.3 Å². The van der Waals surface area contributed by atoms with Crippen molar-refractivity contribution in [2.75, 3.05) is 0 Å². The fourth-order valence-electron chi connectivity index (χ4n) is 2.47. The molecule has 82 valence electrons. The van der Waals surface area contributed by atoms with Crippen molar-refractivity contribution in [3.05, 3.63) is 41.1 Å². The quantitative estimate of drug-likeness (QED) is 0.725. The molecule has 0 amide bonds. The van der Waals surface area contributed by atoms with Gasteiger partial charge in [-0.3, -0.25) is 0 Å². The summed E-state index contributed by atoms with van der Waals surface area (Å²) in [5, 5.41) is 1.37. The molecule has 0 aliphatic heterocycles. The Morgan fingerprint density at radius 3 is 2.94 bits per heavy atom. The smallest absolute Gasteiger partial charge is 0.0465 e. The second-order valence-corrected chi connectivity index (χ2v) is 4.92. The molecule has 0 fully saturated rings. The summed E-state index contributed by atoms with van der Waals surface area (Å²) < 4.78 is 0. The maximum atomic E-state index is 3.56. The number of allylic oxidation sites excluding steroid dienone is 1. The predicted octanol–water partition coefficient (Wildman–Crippen LogP) is 4.25. The fraction of sp³-hybridized carbons (Fsp3) is 0.333. The van der Waals surface area contributed by atoms with Crippen molar-refractivity contribution in [3.63, 3.8) is 0 Å². The van der Waals surface area contributed by atoms with Crippen molar-refractivity contribution < 1.29 is 0 Å². The van der Waals surface area contributed by atoms with Crippen molar-refractivity contribution >= 4 is 17.0 Å². The molecule has 1 heterocycles. The van der Waals surface area contributed by atoms with Gasteiger partial charge in [0, 0.05) is 22.2 Å². The first-order valence-corrected chi connectivity index (χ1v) is 6.07. The number of fused-ring (bicyclic) bond motifs is 3. The highest BCUT2D eigenvalue weighted by molar-refractivity contribution is 5.91. The minimum Gasteiger partial charge on any atom is -0.358 e. The number of aromatic nitrogens is 1. The number of aromatic amines is 1. The molecule has 1 N–H and O–H groups in total. The van der Waals surface area contributed by atoms with Crippen LogP contribution in [0.5, 0.6) is 0 Å². The Labute approximate surface area is 96.2 Å². The Hall–Kier alpha value is -1.50. The molecule has 1 aliphatic carbocycles. The largest absolute Gasteiger partial charge is 0.358 e. The van der Waals surface area contributed by atoms with Crippen LogP contribution in [0.4, 0.5) is 0 Å². The highest BCUT2D eigenvalue weighted by Crippen LogP contribution is 2.29. The summed E-state index contributed by atoms with van der Waals surface area (Å²) in [7, 11) is 0. The van der Waals surface area contributed by atoms with Gasteiger partial charge in [0.15, 0.2) is 0 Å². The molecular formula is C15H17N. The van der Waals surface area contributed by atoms with Crippen LogP contribution in [0.25, 0.3) is 17.0 Å². The van der Waals surface area contributed by atoms with Gasteiger partial charge in [-0.05, 0) is 30.4 Å². The van der Waals surface area contributed by atoms with E-state index < -0.39 is 0 Å². The Balaban J connectivity index is 2.23. The zero-order valence-electron chi connectivity index (χ0n) is 9.88. The average Bonchev–Trinajstić information content (AvgIpc) is 2.66. The zero-order valence-corrected chi connectivity index (χ0v) is 9.88. The summed E-state index contributed by atoms with van der Waals surface area (Å²) >= 11 is 0. The Bertz CT molecular complexity index is 558. The second-order valence-electron chi connectivity index (χ2n) is 4.92. The van der Waals surface area contributed by atoms with Gasteiger partial charge in [-0.2, -0.15) is 0 Å². The van der Waals surface area contributed by atoms with Crippen LogP contribution in [0.3, 0.4) is 0 Å². The maximum absolute atomic E-state index is 3.56. The molecule has 16 heavy (non-hydrogen) atoms. The van der Waals surface area contributed by atoms with E-state index in [9.17, 15) is 0 Å². The molecule has 0 unspecified atom stereocenters. The summed E-state index contributed by atoms with van der Waals surface area (Å²) in [4.78, 5) is 3.56. The molecule has 1 aliphatic rings. The Morgan fingerprint density at radius 2 is 2.12 bits per heavy atom. The van der Waals surface area contributed by atoms with Crippen molar-refractivity contribution in [2.24, 2.45) is 0 Å². The number of hydrogen-bond donors (Lipinski definition) is 1. The van der Waals surface area contributed by atoms with Crippen molar-refractivity contribution in [3.8, 4) is 0 Å². The predicted molar refractivity (Wildman–Crippen MR) is 69.7 cm³/mol. The summed E-state index contributed by atoms with van der Waals surface area (Å²) in [5.41, 5.74) is 5.51. The fourth-order valence-corrected chi connectivity index (χ4v) is 2.47. The van der Waals surface area contributed by atoms with Crippen molar-refractivity contribution in [1.82, 2.24) is 4.98 Å². The van der Waals surface area contributed by atoms with Crippen LogP contribution in [0.2, 0.25) is 0 Å². The number of H-pyrrole nitrogens is 1. The van der Waals surface area contributed by atoms with Crippen molar-refractivity contribution in [2.45, 2.75) is 32.6 Å². The van der Waals surface area contributed by atoms with Gasteiger partial charge < -0.3 is 4.98 Å². The Morgan fingerprint density at radius 1 is 1.25 bits per heavy atom. The summed E-state index contributed by atoms with van der Waals surface area (Å²) in [6, 6.07) is 6.81. The van der Waals surface area contributed by atoms with Gasteiger partial charge in [-0.25, -0.2) is 0 Å². The minimum absolute atomic E-state index is 0.597. The van der Waals surface area contributed by atoms with Gasteiger partial charge in [-0.15, -0.1) is 0 Å². The lowest BCUT2D eigenvalue weighted by molar-refractivity contribution is 0.868. The van der Waals surface area contributed by atoms with Crippen LogP contribution in [0.1, 0.15) is 43.0 Å². The molecule has 1 heteroatoms. The number of benzene rings is 1. The molecule has 0 saturated carbocycles. The van der Waals surface area contributed by atoms with E-state index in [1.165, 1.54) is 27.7 Å². The van der Waals surface area contributed by atoms with Gasteiger partial charge in [0.1, 0.15) is 0 Å². The van der Waals surface area contributed by atoms with Crippen LogP contribution in [-0.2, 0) is 6.42 Å². The first kappa shape index (κ1) is 9.71. The number of hydrogen-bond acceptors (Lipinski definition) is 0. The van der Waals surface area contributed by atoms with Gasteiger partial charge in [0.2, 0.25) is 0 Å². The maximum Gasteiger partial charge on any atom is 0.0465 e. The van der Waals surface area contributed by atoms with E-state index in [-0.39, 0.29) is 0 Å². The van der Waals surface area contributed by atoms with E-state index in [4.69, 9.17) is 0 Å². The van der Waals surface area contributed by atoms with Crippen molar-refractivity contribution in [1.29, 1.82) is 0 Å². The van der Waals surface area contributed by atoms with Crippen LogP contribution in [0, 0.1) is 0 Å². The third kappa shape index (κ3) is 1.39. The standard InChI is InChI=1S/C15H17N/c1-10(2)11-7-8-13-12-5-3-4-6-14(12)16-15(13)9-11/h3,5,7-10,16H,4,6H2,1-2H3. The molecule has 0 atom stereocenters. The molecule has 1 aromatic carbocycles. The second kappa shape index (κ2) is 3.51. The molecule has 0 spiro atoms. The van der Waals surface area contributed by atoms with E-state index in [1.807, 2.05) is 0 Å². The molecule has 3 rings (SSSR count). The van der Waals surface area contributed by atoms with Crippen LogP contribution in [-0.4, -0.2) is 4.98 Å². The van der Waals surface area contributed by atoms with E-state index in [2.05, 4.69) is 49.2 Å². The highest BCUT2D eigenvalue weighted by atomic mass is 14.7. The van der Waals surface area contributed by atoms with Gasteiger partial charge in [-0.1, -0.05) is 38.1 Å². The zero-order chi connectivity index (χ0) is 11.1. The average molecular weight is 211 g/mol.